The van der Waals surface area contributed by atoms with Crippen molar-refractivity contribution in [1.82, 2.24) is 15.3 Å². The molecular formula is C18H17FN4. The lowest BCUT2D eigenvalue weighted by atomic mass is 10.0. The molecule has 1 fully saturated rings. The first kappa shape index (κ1) is 14.1. The highest BCUT2D eigenvalue weighted by molar-refractivity contribution is 5.89. The minimum absolute atomic E-state index is 0.210. The number of piperazine rings is 1. The first-order valence-corrected chi connectivity index (χ1v) is 7.75. The van der Waals surface area contributed by atoms with E-state index in [-0.39, 0.29) is 11.9 Å². The molecule has 0 spiro atoms. The second-order valence-corrected chi connectivity index (χ2v) is 5.69. The van der Waals surface area contributed by atoms with E-state index in [9.17, 15) is 4.39 Å². The Balaban J connectivity index is 1.71. The number of rotatable bonds is 2. The quantitative estimate of drug-likeness (QED) is 0.790. The molecule has 0 bridgehead atoms. The van der Waals surface area contributed by atoms with Crippen LogP contribution in [0.1, 0.15) is 11.6 Å². The SMILES string of the molecule is Fc1cccc2ncnc(N3CCN[C@@H](c4ccccc4)C3)c12. The number of benzene rings is 2. The molecule has 1 N–H and O–H groups in total. The third-order valence-electron chi connectivity index (χ3n) is 4.27. The Morgan fingerprint density at radius 2 is 1.91 bits per heavy atom. The molecule has 0 amide bonds. The second-order valence-electron chi connectivity index (χ2n) is 5.69. The molecule has 0 aliphatic carbocycles. The molecule has 0 unspecified atom stereocenters. The smallest absolute Gasteiger partial charge is 0.142 e. The maximum atomic E-state index is 14.3. The molecule has 1 saturated heterocycles. The number of nitrogens with zero attached hydrogens (tertiary/aromatic N) is 3. The predicted octanol–water partition coefficient (Wildman–Crippen LogP) is 2.92. The summed E-state index contributed by atoms with van der Waals surface area (Å²) in [6, 6.07) is 15.5. The highest BCUT2D eigenvalue weighted by Crippen LogP contribution is 2.28. The van der Waals surface area contributed by atoms with Crippen LogP contribution in [-0.4, -0.2) is 29.6 Å². The summed E-state index contributed by atoms with van der Waals surface area (Å²) in [4.78, 5) is 10.7. The van der Waals surface area contributed by atoms with Crippen LogP contribution >= 0.6 is 0 Å². The van der Waals surface area contributed by atoms with Gasteiger partial charge in [-0.1, -0.05) is 36.4 Å². The van der Waals surface area contributed by atoms with Gasteiger partial charge in [0.25, 0.3) is 0 Å². The van der Waals surface area contributed by atoms with Crippen LogP contribution in [0.15, 0.2) is 54.9 Å². The third kappa shape index (κ3) is 2.64. The van der Waals surface area contributed by atoms with E-state index in [1.165, 1.54) is 18.0 Å². The summed E-state index contributed by atoms with van der Waals surface area (Å²) in [6.07, 6.45) is 1.51. The van der Waals surface area contributed by atoms with Crippen molar-refractivity contribution in [2.24, 2.45) is 0 Å². The summed E-state index contributed by atoms with van der Waals surface area (Å²) in [5.74, 6) is 0.406. The van der Waals surface area contributed by atoms with Crippen molar-refractivity contribution in [1.29, 1.82) is 0 Å². The molecule has 0 radical (unpaired) electrons. The molecular weight excluding hydrogens is 291 g/mol. The fraction of sp³-hybridized carbons (Fsp3) is 0.222. The van der Waals surface area contributed by atoms with Crippen molar-refractivity contribution in [3.8, 4) is 0 Å². The predicted molar refractivity (Wildman–Crippen MR) is 88.9 cm³/mol. The Kier molecular flexibility index (Phi) is 3.63. The van der Waals surface area contributed by atoms with Crippen LogP contribution in [0.5, 0.6) is 0 Å². The molecule has 3 aromatic rings. The van der Waals surface area contributed by atoms with Crippen LogP contribution in [0.25, 0.3) is 10.9 Å². The summed E-state index contributed by atoms with van der Waals surface area (Å²) in [6.45, 7) is 2.38. The zero-order valence-corrected chi connectivity index (χ0v) is 12.6. The molecule has 4 rings (SSSR count). The van der Waals surface area contributed by atoms with Gasteiger partial charge in [0.15, 0.2) is 0 Å². The topological polar surface area (TPSA) is 41.1 Å². The van der Waals surface area contributed by atoms with Gasteiger partial charge in [-0.05, 0) is 17.7 Å². The molecule has 23 heavy (non-hydrogen) atoms. The van der Waals surface area contributed by atoms with Gasteiger partial charge in [0, 0.05) is 25.7 Å². The van der Waals surface area contributed by atoms with E-state index < -0.39 is 0 Å². The van der Waals surface area contributed by atoms with Crippen molar-refractivity contribution >= 4 is 16.7 Å². The summed E-state index contributed by atoms with van der Waals surface area (Å²) >= 11 is 0. The van der Waals surface area contributed by atoms with Crippen molar-refractivity contribution in [3.05, 3.63) is 66.2 Å². The average Bonchev–Trinajstić information content (AvgIpc) is 2.62. The van der Waals surface area contributed by atoms with Gasteiger partial charge < -0.3 is 10.2 Å². The number of anilines is 1. The number of nitrogens with one attached hydrogen (secondary N) is 1. The fourth-order valence-electron chi connectivity index (χ4n) is 3.14. The largest absolute Gasteiger partial charge is 0.353 e. The highest BCUT2D eigenvalue weighted by atomic mass is 19.1. The maximum absolute atomic E-state index is 14.3. The van der Waals surface area contributed by atoms with Crippen LogP contribution in [0, 0.1) is 5.82 Å². The number of hydrogen-bond donors (Lipinski definition) is 1. The van der Waals surface area contributed by atoms with Crippen molar-refractivity contribution in [2.75, 3.05) is 24.5 Å². The van der Waals surface area contributed by atoms with Gasteiger partial charge in [0.1, 0.15) is 18.0 Å². The number of fused-ring (bicyclic) bond motifs is 1. The summed E-state index contributed by atoms with van der Waals surface area (Å²) < 4.78 is 14.3. The van der Waals surface area contributed by atoms with E-state index in [1.807, 2.05) is 24.3 Å². The number of halogens is 1. The lowest BCUT2D eigenvalue weighted by Gasteiger charge is -2.35. The minimum Gasteiger partial charge on any atom is -0.353 e. The van der Waals surface area contributed by atoms with Gasteiger partial charge in [-0.15, -0.1) is 0 Å². The standard InChI is InChI=1S/C18H17FN4/c19-14-7-4-8-15-17(14)18(22-12-21-15)23-10-9-20-16(11-23)13-5-2-1-3-6-13/h1-8,12,16,20H,9-11H2/t16-/m1/s1. The highest BCUT2D eigenvalue weighted by Gasteiger charge is 2.23. The Bertz CT molecular complexity index is 816. The van der Waals surface area contributed by atoms with Crippen LogP contribution < -0.4 is 10.2 Å². The van der Waals surface area contributed by atoms with E-state index in [0.717, 1.165) is 19.6 Å². The molecule has 2 heterocycles. The Hall–Kier alpha value is -2.53. The number of aromatic nitrogens is 2. The minimum atomic E-state index is -0.270. The summed E-state index contributed by atoms with van der Waals surface area (Å²) in [5.41, 5.74) is 1.88. The molecule has 2 aromatic carbocycles. The normalized spacial score (nSPS) is 18.3. The van der Waals surface area contributed by atoms with Crippen molar-refractivity contribution in [2.45, 2.75) is 6.04 Å². The second kappa shape index (κ2) is 5.93. The van der Waals surface area contributed by atoms with Crippen LogP contribution in [0.4, 0.5) is 10.2 Å². The zero-order valence-electron chi connectivity index (χ0n) is 12.6. The van der Waals surface area contributed by atoms with Crippen LogP contribution in [0.3, 0.4) is 0 Å². The van der Waals surface area contributed by atoms with Gasteiger partial charge in [0.2, 0.25) is 0 Å². The van der Waals surface area contributed by atoms with Gasteiger partial charge in [0.05, 0.1) is 10.9 Å². The maximum Gasteiger partial charge on any atom is 0.142 e. The van der Waals surface area contributed by atoms with E-state index in [1.54, 1.807) is 6.07 Å². The molecule has 5 heteroatoms. The number of hydrogen-bond acceptors (Lipinski definition) is 4. The van der Waals surface area contributed by atoms with E-state index in [4.69, 9.17) is 0 Å². The fourth-order valence-corrected chi connectivity index (χ4v) is 3.14. The molecule has 1 aliphatic heterocycles. The monoisotopic (exact) mass is 308 g/mol. The van der Waals surface area contributed by atoms with E-state index in [2.05, 4.69) is 32.3 Å². The Labute approximate surface area is 134 Å². The van der Waals surface area contributed by atoms with Crippen molar-refractivity contribution < 1.29 is 4.39 Å². The molecule has 1 aromatic heterocycles. The molecule has 1 atom stereocenters. The third-order valence-corrected chi connectivity index (χ3v) is 4.27. The zero-order chi connectivity index (χ0) is 15.6. The molecule has 116 valence electrons. The Morgan fingerprint density at radius 1 is 1.04 bits per heavy atom. The van der Waals surface area contributed by atoms with E-state index >= 15 is 0 Å². The first-order chi connectivity index (χ1) is 11.3. The lowest BCUT2D eigenvalue weighted by molar-refractivity contribution is 0.470. The van der Waals surface area contributed by atoms with Gasteiger partial charge in [-0.3, -0.25) is 0 Å². The van der Waals surface area contributed by atoms with Gasteiger partial charge in [-0.25, -0.2) is 14.4 Å². The van der Waals surface area contributed by atoms with Gasteiger partial charge in [-0.2, -0.15) is 0 Å². The first-order valence-electron chi connectivity index (χ1n) is 7.75. The molecule has 0 saturated carbocycles. The summed E-state index contributed by atoms with van der Waals surface area (Å²) in [7, 11) is 0. The van der Waals surface area contributed by atoms with Crippen LogP contribution in [-0.2, 0) is 0 Å². The van der Waals surface area contributed by atoms with Gasteiger partial charge >= 0.3 is 0 Å². The molecule has 4 nitrogen and oxygen atoms in total. The summed E-state index contributed by atoms with van der Waals surface area (Å²) in [5, 5.41) is 4.02. The molecule has 1 aliphatic rings. The van der Waals surface area contributed by atoms with Crippen LogP contribution in [0.2, 0.25) is 0 Å². The Morgan fingerprint density at radius 3 is 2.78 bits per heavy atom. The lowest BCUT2D eigenvalue weighted by Crippen LogP contribution is -2.46. The van der Waals surface area contributed by atoms with E-state index in [0.29, 0.717) is 16.7 Å². The van der Waals surface area contributed by atoms with Crippen molar-refractivity contribution in [3.63, 3.8) is 0 Å². The average molecular weight is 308 g/mol.